The molecule has 3 nitrogen and oxygen atoms in total. The predicted molar refractivity (Wildman–Crippen MR) is 65.1 cm³/mol. The number of hydrogen-bond donors (Lipinski definition) is 1. The van der Waals surface area contributed by atoms with E-state index in [1.165, 1.54) is 4.90 Å². The van der Waals surface area contributed by atoms with Crippen molar-refractivity contribution in [2.45, 2.75) is 11.3 Å². The van der Waals surface area contributed by atoms with Crippen LogP contribution in [0.2, 0.25) is 0 Å². The number of nitrogens with zero attached hydrogens (tertiary/aromatic N) is 2. The van der Waals surface area contributed by atoms with Gasteiger partial charge in [0.15, 0.2) is 0 Å². The average molecular weight is 229 g/mol. The molecule has 0 atom stereocenters. The Hall–Kier alpha value is -1.73. The highest BCUT2D eigenvalue weighted by atomic mass is 32.2. The van der Waals surface area contributed by atoms with Gasteiger partial charge in [-0.1, -0.05) is 12.1 Å². The van der Waals surface area contributed by atoms with Gasteiger partial charge in [-0.15, -0.1) is 11.8 Å². The molecule has 1 aromatic carbocycles. The molecule has 2 aromatic rings. The number of aromatic amines is 1. The van der Waals surface area contributed by atoms with Gasteiger partial charge in [0.25, 0.3) is 0 Å². The molecule has 0 amide bonds. The SMILES string of the molecule is CSc1ccc(-c2cnc(CC#N)[nH]2)cc1. The Balaban J connectivity index is 2.25. The fourth-order valence-corrected chi connectivity index (χ4v) is 1.85. The number of aromatic nitrogens is 2. The average Bonchev–Trinajstić information content (AvgIpc) is 2.78. The van der Waals surface area contributed by atoms with Crippen LogP contribution in [0.15, 0.2) is 35.4 Å². The summed E-state index contributed by atoms with van der Waals surface area (Å²) in [6.07, 6.45) is 4.14. The molecule has 1 N–H and O–H groups in total. The zero-order valence-corrected chi connectivity index (χ0v) is 9.71. The van der Waals surface area contributed by atoms with Gasteiger partial charge in [-0.05, 0) is 24.0 Å². The largest absolute Gasteiger partial charge is 0.341 e. The molecular weight excluding hydrogens is 218 g/mol. The second-order valence-electron chi connectivity index (χ2n) is 3.31. The standard InChI is InChI=1S/C12H11N3S/c1-16-10-4-2-9(3-5-10)11-8-14-12(15-11)6-7-13/h2-5,8H,6H2,1H3,(H,14,15). The van der Waals surface area contributed by atoms with Crippen molar-refractivity contribution in [2.75, 3.05) is 6.26 Å². The van der Waals surface area contributed by atoms with Crippen LogP contribution >= 0.6 is 11.8 Å². The van der Waals surface area contributed by atoms with Crippen molar-refractivity contribution in [3.8, 4) is 17.3 Å². The molecule has 0 saturated carbocycles. The van der Waals surface area contributed by atoms with Crippen LogP contribution in [-0.2, 0) is 6.42 Å². The van der Waals surface area contributed by atoms with Gasteiger partial charge < -0.3 is 4.98 Å². The molecule has 0 aliphatic carbocycles. The first-order chi connectivity index (χ1) is 7.83. The van der Waals surface area contributed by atoms with E-state index in [-0.39, 0.29) is 0 Å². The highest BCUT2D eigenvalue weighted by molar-refractivity contribution is 7.98. The van der Waals surface area contributed by atoms with Crippen LogP contribution in [0.4, 0.5) is 0 Å². The monoisotopic (exact) mass is 229 g/mol. The summed E-state index contributed by atoms with van der Waals surface area (Å²) in [6, 6.07) is 10.3. The minimum atomic E-state index is 0.322. The molecule has 0 saturated heterocycles. The Morgan fingerprint density at radius 2 is 2.12 bits per heavy atom. The quantitative estimate of drug-likeness (QED) is 0.823. The fraction of sp³-hybridized carbons (Fsp3) is 0.167. The summed E-state index contributed by atoms with van der Waals surface area (Å²) < 4.78 is 0. The second kappa shape index (κ2) is 4.86. The van der Waals surface area contributed by atoms with Gasteiger partial charge in [0.1, 0.15) is 5.82 Å². The molecule has 1 heterocycles. The number of rotatable bonds is 3. The molecule has 0 aliphatic rings. The minimum absolute atomic E-state index is 0.322. The fourth-order valence-electron chi connectivity index (χ4n) is 1.44. The van der Waals surface area contributed by atoms with Crippen molar-refractivity contribution in [3.05, 3.63) is 36.3 Å². The van der Waals surface area contributed by atoms with Crippen LogP contribution in [0, 0.1) is 11.3 Å². The molecule has 80 valence electrons. The van der Waals surface area contributed by atoms with E-state index in [4.69, 9.17) is 5.26 Å². The maximum atomic E-state index is 8.56. The summed E-state index contributed by atoms with van der Waals surface area (Å²) >= 11 is 1.72. The van der Waals surface area contributed by atoms with Crippen LogP contribution < -0.4 is 0 Å². The lowest BCUT2D eigenvalue weighted by Crippen LogP contribution is -1.84. The van der Waals surface area contributed by atoms with Gasteiger partial charge in [-0.2, -0.15) is 5.26 Å². The van der Waals surface area contributed by atoms with Crippen molar-refractivity contribution < 1.29 is 0 Å². The van der Waals surface area contributed by atoms with Crippen molar-refractivity contribution in [2.24, 2.45) is 0 Å². The van der Waals surface area contributed by atoms with Crippen molar-refractivity contribution >= 4 is 11.8 Å². The smallest absolute Gasteiger partial charge is 0.120 e. The van der Waals surface area contributed by atoms with Gasteiger partial charge in [0, 0.05) is 4.90 Å². The van der Waals surface area contributed by atoms with E-state index in [9.17, 15) is 0 Å². The summed E-state index contributed by atoms with van der Waals surface area (Å²) in [7, 11) is 0. The summed E-state index contributed by atoms with van der Waals surface area (Å²) in [6.45, 7) is 0. The van der Waals surface area contributed by atoms with Crippen LogP contribution in [0.3, 0.4) is 0 Å². The molecule has 0 radical (unpaired) electrons. The van der Waals surface area contributed by atoms with Crippen LogP contribution in [0.25, 0.3) is 11.3 Å². The van der Waals surface area contributed by atoms with Gasteiger partial charge in [-0.25, -0.2) is 4.98 Å². The van der Waals surface area contributed by atoms with E-state index in [1.807, 2.05) is 0 Å². The first-order valence-corrected chi connectivity index (χ1v) is 6.11. The molecule has 1 aromatic heterocycles. The lowest BCUT2D eigenvalue weighted by Gasteiger charge is -1.99. The van der Waals surface area contributed by atoms with Crippen LogP contribution in [0.1, 0.15) is 5.82 Å². The number of nitrogens with one attached hydrogen (secondary N) is 1. The molecule has 0 aliphatic heterocycles. The lowest BCUT2D eigenvalue weighted by molar-refractivity contribution is 1.06. The summed E-state index contributed by atoms with van der Waals surface area (Å²) in [4.78, 5) is 8.51. The Morgan fingerprint density at radius 1 is 1.38 bits per heavy atom. The molecule has 0 spiro atoms. The first-order valence-electron chi connectivity index (χ1n) is 4.88. The molecule has 0 unspecified atom stereocenters. The Labute approximate surface area is 98.5 Å². The molecule has 4 heteroatoms. The van der Waals surface area contributed by atoms with Crippen LogP contribution in [-0.4, -0.2) is 16.2 Å². The number of H-pyrrole nitrogens is 1. The maximum Gasteiger partial charge on any atom is 0.120 e. The van der Waals surface area contributed by atoms with Crippen molar-refractivity contribution in [3.63, 3.8) is 0 Å². The van der Waals surface area contributed by atoms with E-state index in [0.29, 0.717) is 12.2 Å². The zero-order chi connectivity index (χ0) is 11.4. The van der Waals surface area contributed by atoms with E-state index < -0.39 is 0 Å². The number of benzene rings is 1. The Bertz CT molecular complexity index is 508. The number of thioether (sulfide) groups is 1. The van der Waals surface area contributed by atoms with Gasteiger partial charge >= 0.3 is 0 Å². The highest BCUT2D eigenvalue weighted by Crippen LogP contribution is 2.21. The van der Waals surface area contributed by atoms with Crippen molar-refractivity contribution in [1.82, 2.24) is 9.97 Å². The number of hydrogen-bond acceptors (Lipinski definition) is 3. The summed E-state index contributed by atoms with van der Waals surface area (Å²) in [5.41, 5.74) is 2.05. The van der Waals surface area contributed by atoms with E-state index >= 15 is 0 Å². The van der Waals surface area contributed by atoms with E-state index in [2.05, 4.69) is 46.6 Å². The topological polar surface area (TPSA) is 52.5 Å². The molecule has 0 bridgehead atoms. The minimum Gasteiger partial charge on any atom is -0.341 e. The molecular formula is C12H11N3S. The third-order valence-electron chi connectivity index (χ3n) is 2.28. The maximum absolute atomic E-state index is 8.56. The summed E-state index contributed by atoms with van der Waals surface area (Å²) in [5.74, 6) is 0.714. The van der Waals surface area contributed by atoms with Crippen molar-refractivity contribution in [1.29, 1.82) is 5.26 Å². The second-order valence-corrected chi connectivity index (χ2v) is 4.19. The normalized spacial score (nSPS) is 10.0. The Kier molecular flexibility index (Phi) is 3.28. The number of nitriles is 1. The van der Waals surface area contributed by atoms with Gasteiger partial charge in [0.2, 0.25) is 0 Å². The molecule has 0 fully saturated rings. The Morgan fingerprint density at radius 3 is 2.75 bits per heavy atom. The van der Waals surface area contributed by atoms with E-state index in [1.54, 1.807) is 18.0 Å². The van der Waals surface area contributed by atoms with E-state index in [0.717, 1.165) is 11.3 Å². The first kappa shape index (κ1) is 10.8. The predicted octanol–water partition coefficient (Wildman–Crippen LogP) is 2.86. The molecule has 2 rings (SSSR count). The third kappa shape index (κ3) is 2.26. The van der Waals surface area contributed by atoms with Crippen LogP contribution in [0.5, 0.6) is 0 Å². The zero-order valence-electron chi connectivity index (χ0n) is 8.90. The summed E-state index contributed by atoms with van der Waals surface area (Å²) in [5, 5.41) is 8.56. The van der Waals surface area contributed by atoms with Gasteiger partial charge in [-0.3, -0.25) is 0 Å². The highest BCUT2D eigenvalue weighted by Gasteiger charge is 2.02. The number of imidazole rings is 1. The third-order valence-corrected chi connectivity index (χ3v) is 3.02. The lowest BCUT2D eigenvalue weighted by atomic mass is 10.2. The van der Waals surface area contributed by atoms with Gasteiger partial charge in [0.05, 0.1) is 24.4 Å². The molecule has 16 heavy (non-hydrogen) atoms.